The standard InChI is InChI=1S/C11H11ClN2OS/c12-7-1-2-9-8(3-7)14-10(16-9)11(4-13)5-15-6-11/h1-3H,4-6,13H2. The van der Waals surface area contributed by atoms with E-state index in [0.29, 0.717) is 19.8 Å². The molecule has 1 aliphatic heterocycles. The summed E-state index contributed by atoms with van der Waals surface area (Å²) in [7, 11) is 0. The third-order valence-electron chi connectivity index (χ3n) is 2.95. The molecule has 1 aromatic heterocycles. The van der Waals surface area contributed by atoms with Crippen LogP contribution in [-0.4, -0.2) is 24.7 Å². The second kappa shape index (κ2) is 3.67. The first kappa shape index (κ1) is 10.5. The predicted octanol–water partition coefficient (Wildman–Crippen LogP) is 2.18. The van der Waals surface area contributed by atoms with Crippen molar-refractivity contribution in [1.82, 2.24) is 4.98 Å². The SMILES string of the molecule is NCC1(c2nc3cc(Cl)ccc3s2)COC1. The van der Waals surface area contributed by atoms with Gasteiger partial charge in [0.05, 0.1) is 28.8 Å². The maximum atomic E-state index is 5.94. The van der Waals surface area contributed by atoms with Gasteiger partial charge in [-0.2, -0.15) is 0 Å². The van der Waals surface area contributed by atoms with Gasteiger partial charge in [-0.3, -0.25) is 0 Å². The number of rotatable bonds is 2. The van der Waals surface area contributed by atoms with Gasteiger partial charge < -0.3 is 10.5 Å². The van der Waals surface area contributed by atoms with Crippen molar-refractivity contribution in [3.63, 3.8) is 0 Å². The van der Waals surface area contributed by atoms with Crippen LogP contribution < -0.4 is 5.73 Å². The molecule has 16 heavy (non-hydrogen) atoms. The Bertz CT molecular complexity index is 530. The molecule has 0 saturated carbocycles. The lowest BCUT2D eigenvalue weighted by atomic mass is 9.87. The monoisotopic (exact) mass is 254 g/mol. The second-order valence-electron chi connectivity index (χ2n) is 4.11. The van der Waals surface area contributed by atoms with E-state index < -0.39 is 0 Å². The van der Waals surface area contributed by atoms with E-state index >= 15 is 0 Å². The van der Waals surface area contributed by atoms with E-state index in [9.17, 15) is 0 Å². The molecule has 1 fully saturated rings. The topological polar surface area (TPSA) is 48.1 Å². The highest BCUT2D eigenvalue weighted by Gasteiger charge is 2.41. The number of hydrogen-bond acceptors (Lipinski definition) is 4. The normalized spacial score (nSPS) is 18.6. The van der Waals surface area contributed by atoms with Crippen molar-refractivity contribution < 1.29 is 4.74 Å². The number of nitrogens with two attached hydrogens (primary N) is 1. The zero-order chi connectivity index (χ0) is 11.2. The highest BCUT2D eigenvalue weighted by Crippen LogP contribution is 2.37. The molecule has 0 bridgehead atoms. The number of fused-ring (bicyclic) bond motifs is 1. The lowest BCUT2D eigenvalue weighted by Crippen LogP contribution is -2.52. The number of nitrogens with zero attached hydrogens (tertiary/aromatic N) is 1. The maximum Gasteiger partial charge on any atom is 0.106 e. The summed E-state index contributed by atoms with van der Waals surface area (Å²) in [6.45, 7) is 1.94. The van der Waals surface area contributed by atoms with E-state index in [-0.39, 0.29) is 5.41 Å². The van der Waals surface area contributed by atoms with E-state index in [1.807, 2.05) is 18.2 Å². The first-order chi connectivity index (χ1) is 7.73. The number of aromatic nitrogens is 1. The molecule has 0 radical (unpaired) electrons. The number of ether oxygens (including phenoxy) is 1. The first-order valence-corrected chi connectivity index (χ1v) is 6.27. The number of halogens is 1. The quantitative estimate of drug-likeness (QED) is 0.894. The molecule has 3 rings (SSSR count). The summed E-state index contributed by atoms with van der Waals surface area (Å²) >= 11 is 7.62. The number of hydrogen-bond donors (Lipinski definition) is 1. The maximum absolute atomic E-state index is 5.94. The Kier molecular flexibility index (Phi) is 2.40. The Morgan fingerprint density at radius 1 is 1.50 bits per heavy atom. The van der Waals surface area contributed by atoms with Crippen LogP contribution in [0.2, 0.25) is 5.02 Å². The second-order valence-corrected chi connectivity index (χ2v) is 5.58. The molecule has 0 aliphatic carbocycles. The van der Waals surface area contributed by atoms with Crippen LogP contribution in [0, 0.1) is 0 Å². The fraction of sp³-hybridized carbons (Fsp3) is 0.364. The van der Waals surface area contributed by atoms with Gasteiger partial charge in [-0.05, 0) is 18.2 Å². The summed E-state index contributed by atoms with van der Waals surface area (Å²) in [5, 5.41) is 1.79. The summed E-state index contributed by atoms with van der Waals surface area (Å²) in [6, 6.07) is 5.78. The van der Waals surface area contributed by atoms with Crippen LogP contribution in [0.4, 0.5) is 0 Å². The summed E-state index contributed by atoms with van der Waals surface area (Å²) < 4.78 is 6.42. The van der Waals surface area contributed by atoms with Crippen molar-refractivity contribution in [3.8, 4) is 0 Å². The average molecular weight is 255 g/mol. The molecule has 1 aliphatic rings. The van der Waals surface area contributed by atoms with Crippen LogP contribution in [0.3, 0.4) is 0 Å². The van der Waals surface area contributed by atoms with Gasteiger partial charge >= 0.3 is 0 Å². The van der Waals surface area contributed by atoms with Crippen LogP contribution in [0.5, 0.6) is 0 Å². The summed E-state index contributed by atoms with van der Waals surface area (Å²) in [5.74, 6) is 0. The van der Waals surface area contributed by atoms with Crippen molar-refractivity contribution >= 4 is 33.2 Å². The molecule has 0 spiro atoms. The van der Waals surface area contributed by atoms with Crippen molar-refractivity contribution in [2.45, 2.75) is 5.41 Å². The molecule has 1 aromatic carbocycles. The van der Waals surface area contributed by atoms with Gasteiger partial charge in [0.15, 0.2) is 0 Å². The Labute approximate surface area is 102 Å². The fourth-order valence-corrected chi connectivity index (χ4v) is 3.09. The molecule has 84 valence electrons. The van der Waals surface area contributed by atoms with E-state index in [0.717, 1.165) is 20.2 Å². The highest BCUT2D eigenvalue weighted by molar-refractivity contribution is 7.18. The fourth-order valence-electron chi connectivity index (χ4n) is 1.80. The van der Waals surface area contributed by atoms with Crippen molar-refractivity contribution in [3.05, 3.63) is 28.2 Å². The van der Waals surface area contributed by atoms with E-state index in [1.54, 1.807) is 11.3 Å². The molecule has 2 aromatic rings. The van der Waals surface area contributed by atoms with E-state index in [2.05, 4.69) is 4.98 Å². The zero-order valence-electron chi connectivity index (χ0n) is 8.57. The lowest BCUT2D eigenvalue weighted by molar-refractivity contribution is -0.0550. The summed E-state index contributed by atoms with van der Waals surface area (Å²) in [5.41, 5.74) is 6.70. The zero-order valence-corrected chi connectivity index (χ0v) is 10.1. The molecule has 0 unspecified atom stereocenters. The lowest BCUT2D eigenvalue weighted by Gasteiger charge is -2.38. The molecule has 1 saturated heterocycles. The number of thiazole rings is 1. The third-order valence-corrected chi connectivity index (χ3v) is 4.47. The number of benzene rings is 1. The minimum Gasteiger partial charge on any atom is -0.379 e. The summed E-state index contributed by atoms with van der Waals surface area (Å²) in [6.07, 6.45) is 0. The Hall–Kier alpha value is -0.680. The van der Waals surface area contributed by atoms with Crippen molar-refractivity contribution in [2.75, 3.05) is 19.8 Å². The van der Waals surface area contributed by atoms with Crippen LogP contribution in [0.25, 0.3) is 10.2 Å². The summed E-state index contributed by atoms with van der Waals surface area (Å²) in [4.78, 5) is 4.61. The average Bonchev–Trinajstić information content (AvgIpc) is 2.60. The highest BCUT2D eigenvalue weighted by atomic mass is 35.5. The molecule has 3 nitrogen and oxygen atoms in total. The van der Waals surface area contributed by atoms with Gasteiger partial charge in [0, 0.05) is 11.6 Å². The van der Waals surface area contributed by atoms with Crippen molar-refractivity contribution in [1.29, 1.82) is 0 Å². The molecular weight excluding hydrogens is 244 g/mol. The van der Waals surface area contributed by atoms with Crippen LogP contribution in [0.15, 0.2) is 18.2 Å². The molecule has 2 N–H and O–H groups in total. The molecule has 0 atom stereocenters. The van der Waals surface area contributed by atoms with Gasteiger partial charge in [-0.15, -0.1) is 11.3 Å². The predicted molar refractivity (Wildman–Crippen MR) is 66.2 cm³/mol. The first-order valence-electron chi connectivity index (χ1n) is 5.08. The van der Waals surface area contributed by atoms with Crippen LogP contribution in [-0.2, 0) is 10.2 Å². The molecular formula is C11H11ClN2OS. The largest absolute Gasteiger partial charge is 0.379 e. The molecule has 0 amide bonds. The van der Waals surface area contributed by atoms with Crippen LogP contribution >= 0.6 is 22.9 Å². The molecule has 5 heteroatoms. The van der Waals surface area contributed by atoms with E-state index in [1.165, 1.54) is 0 Å². The minimum atomic E-state index is -0.0594. The van der Waals surface area contributed by atoms with Gasteiger partial charge in [-0.25, -0.2) is 4.98 Å². The third kappa shape index (κ3) is 1.45. The Morgan fingerprint density at radius 2 is 2.31 bits per heavy atom. The van der Waals surface area contributed by atoms with Crippen LogP contribution in [0.1, 0.15) is 5.01 Å². The van der Waals surface area contributed by atoms with E-state index in [4.69, 9.17) is 22.1 Å². The van der Waals surface area contributed by atoms with Gasteiger partial charge in [-0.1, -0.05) is 11.6 Å². The Morgan fingerprint density at radius 3 is 2.94 bits per heavy atom. The smallest absolute Gasteiger partial charge is 0.106 e. The van der Waals surface area contributed by atoms with Gasteiger partial charge in [0.25, 0.3) is 0 Å². The van der Waals surface area contributed by atoms with Crippen molar-refractivity contribution in [2.24, 2.45) is 5.73 Å². The van der Waals surface area contributed by atoms with Gasteiger partial charge in [0.1, 0.15) is 5.01 Å². The molecule has 2 heterocycles. The Balaban J connectivity index is 2.11. The minimum absolute atomic E-state index is 0.0594. The van der Waals surface area contributed by atoms with Gasteiger partial charge in [0.2, 0.25) is 0 Å².